The van der Waals surface area contributed by atoms with E-state index in [1.54, 1.807) is 35.1 Å². The molecular formula is C30H30Cl2N4O4. The van der Waals surface area contributed by atoms with Crippen molar-refractivity contribution in [3.8, 4) is 11.5 Å². The summed E-state index contributed by atoms with van der Waals surface area (Å²) >= 11 is 13.0. The highest BCUT2D eigenvalue weighted by molar-refractivity contribution is 6.31. The lowest BCUT2D eigenvalue weighted by Gasteiger charge is -2.36. The molecule has 0 aliphatic carbocycles. The van der Waals surface area contributed by atoms with Crippen LogP contribution in [0.4, 0.5) is 4.79 Å². The number of methoxy groups -OCH3 is 1. The fourth-order valence-corrected chi connectivity index (χ4v) is 5.39. The number of nitrogens with zero attached hydrogens (tertiary/aromatic N) is 3. The van der Waals surface area contributed by atoms with E-state index in [2.05, 4.69) is 5.32 Å². The molecule has 2 aliphatic heterocycles. The maximum atomic E-state index is 14.4. The molecule has 0 bridgehead atoms. The lowest BCUT2D eigenvalue weighted by molar-refractivity contribution is -0.123. The van der Waals surface area contributed by atoms with Crippen LogP contribution in [0.3, 0.4) is 0 Å². The first-order valence-electron chi connectivity index (χ1n) is 13.0. The number of nitrogens with one attached hydrogen (secondary N) is 1. The average molecular weight is 582 g/mol. The van der Waals surface area contributed by atoms with Crippen molar-refractivity contribution in [2.75, 3.05) is 26.7 Å². The van der Waals surface area contributed by atoms with Gasteiger partial charge >= 0.3 is 6.03 Å². The Balaban J connectivity index is 1.72. The van der Waals surface area contributed by atoms with Crippen molar-refractivity contribution < 1.29 is 19.1 Å². The van der Waals surface area contributed by atoms with Gasteiger partial charge in [-0.2, -0.15) is 0 Å². The van der Waals surface area contributed by atoms with Crippen LogP contribution in [0, 0.1) is 0 Å². The molecule has 3 aromatic rings. The quantitative estimate of drug-likeness (QED) is 0.394. The molecule has 2 aliphatic rings. The summed E-state index contributed by atoms with van der Waals surface area (Å²) in [6.45, 7) is 4.55. The molecule has 1 N–H and O–H groups in total. The van der Waals surface area contributed by atoms with Gasteiger partial charge in [0, 0.05) is 29.2 Å². The first-order chi connectivity index (χ1) is 19.3. The molecule has 5 rings (SSSR count). The maximum absolute atomic E-state index is 14.4. The van der Waals surface area contributed by atoms with E-state index in [4.69, 9.17) is 37.7 Å². The zero-order valence-corrected chi connectivity index (χ0v) is 23.9. The zero-order chi connectivity index (χ0) is 28.4. The third-order valence-corrected chi connectivity index (χ3v) is 7.41. The van der Waals surface area contributed by atoms with Crippen LogP contribution in [0.15, 0.2) is 71.7 Å². The van der Waals surface area contributed by atoms with Crippen LogP contribution < -0.4 is 14.8 Å². The highest BCUT2D eigenvalue weighted by Crippen LogP contribution is 2.47. The van der Waals surface area contributed by atoms with Crippen molar-refractivity contribution in [2.45, 2.75) is 32.0 Å². The van der Waals surface area contributed by atoms with Crippen molar-refractivity contribution in [3.05, 3.63) is 93.5 Å². The Morgan fingerprint density at radius 1 is 1.07 bits per heavy atom. The van der Waals surface area contributed by atoms with E-state index in [0.29, 0.717) is 46.0 Å². The summed E-state index contributed by atoms with van der Waals surface area (Å²) in [5, 5.41) is 3.90. The number of benzene rings is 3. The zero-order valence-electron chi connectivity index (χ0n) is 22.4. The minimum Gasteiger partial charge on any atom is -0.497 e. The number of amides is 3. The standard InChI is InChI=1S/C30H30Cl2N4O4/c1-18(2)40-25-16-21(39-3)12-13-23(25)29-34-27(22-6-4-5-7-24(22)32)28(19-8-10-20(31)11-9-19)36(29)30(38)35-15-14-33-26(37)17-35/h4-13,16,18,27-28H,14-15,17H2,1-3H3,(H,33,37)/t27-,28+/m1/s1. The number of piperazine rings is 1. The second-order valence-corrected chi connectivity index (χ2v) is 10.7. The molecule has 2 atom stereocenters. The Morgan fingerprint density at radius 2 is 1.82 bits per heavy atom. The largest absolute Gasteiger partial charge is 0.497 e. The molecule has 0 aromatic heterocycles. The van der Waals surface area contributed by atoms with Crippen LogP contribution >= 0.6 is 23.2 Å². The van der Waals surface area contributed by atoms with E-state index >= 15 is 0 Å². The Bertz CT molecular complexity index is 1440. The number of halogens is 2. The molecule has 2 heterocycles. The van der Waals surface area contributed by atoms with Gasteiger partial charge in [0.25, 0.3) is 0 Å². The highest BCUT2D eigenvalue weighted by Gasteiger charge is 2.45. The number of urea groups is 1. The summed E-state index contributed by atoms with van der Waals surface area (Å²) in [5.41, 5.74) is 2.22. The van der Waals surface area contributed by atoms with Gasteiger partial charge in [0.2, 0.25) is 5.91 Å². The van der Waals surface area contributed by atoms with Gasteiger partial charge in [-0.15, -0.1) is 0 Å². The van der Waals surface area contributed by atoms with Crippen LogP contribution in [0.2, 0.25) is 10.0 Å². The molecular weight excluding hydrogens is 551 g/mol. The van der Waals surface area contributed by atoms with Crippen molar-refractivity contribution in [3.63, 3.8) is 0 Å². The number of aliphatic imine (C=N–C) groups is 1. The lowest BCUT2D eigenvalue weighted by atomic mass is 9.93. The van der Waals surface area contributed by atoms with E-state index < -0.39 is 12.1 Å². The van der Waals surface area contributed by atoms with Crippen molar-refractivity contribution in [2.24, 2.45) is 4.99 Å². The molecule has 0 spiro atoms. The van der Waals surface area contributed by atoms with E-state index in [1.165, 1.54) is 0 Å². The molecule has 3 aromatic carbocycles. The van der Waals surface area contributed by atoms with E-state index in [-0.39, 0.29) is 24.6 Å². The Kier molecular flexibility index (Phi) is 8.19. The second-order valence-electron chi connectivity index (χ2n) is 9.87. The fourth-order valence-electron chi connectivity index (χ4n) is 5.01. The summed E-state index contributed by atoms with van der Waals surface area (Å²) in [6.07, 6.45) is -0.144. The molecule has 1 saturated heterocycles. The number of rotatable bonds is 6. The molecule has 0 radical (unpaired) electrons. The van der Waals surface area contributed by atoms with Crippen molar-refractivity contribution >= 4 is 41.0 Å². The first kappa shape index (κ1) is 27.8. The third-order valence-electron chi connectivity index (χ3n) is 6.81. The summed E-state index contributed by atoms with van der Waals surface area (Å²) in [4.78, 5) is 35.0. The molecule has 208 valence electrons. The Labute approximate surface area is 243 Å². The third kappa shape index (κ3) is 5.60. The second kappa shape index (κ2) is 11.8. The molecule has 3 amide bonds. The van der Waals surface area contributed by atoms with Gasteiger partial charge in [-0.1, -0.05) is 53.5 Å². The van der Waals surface area contributed by atoms with Crippen LogP contribution in [0.5, 0.6) is 11.5 Å². The van der Waals surface area contributed by atoms with E-state index in [1.807, 2.05) is 62.4 Å². The summed E-state index contributed by atoms with van der Waals surface area (Å²) < 4.78 is 11.7. The van der Waals surface area contributed by atoms with Gasteiger partial charge in [-0.3, -0.25) is 14.7 Å². The van der Waals surface area contributed by atoms with Gasteiger partial charge in [-0.25, -0.2) is 4.79 Å². The molecule has 40 heavy (non-hydrogen) atoms. The summed E-state index contributed by atoms with van der Waals surface area (Å²) in [5.74, 6) is 1.34. The van der Waals surface area contributed by atoms with Crippen molar-refractivity contribution in [1.29, 1.82) is 0 Å². The van der Waals surface area contributed by atoms with Gasteiger partial charge < -0.3 is 19.7 Å². The topological polar surface area (TPSA) is 83.5 Å². The Hall–Kier alpha value is -3.75. The van der Waals surface area contributed by atoms with Crippen LogP contribution in [0.25, 0.3) is 0 Å². The molecule has 8 nitrogen and oxygen atoms in total. The molecule has 0 saturated carbocycles. The smallest absolute Gasteiger partial charge is 0.326 e. The molecule has 0 unspecified atom stereocenters. The summed E-state index contributed by atoms with van der Waals surface area (Å²) in [6, 6.07) is 18.8. The number of carbonyl (C=O) groups is 2. The van der Waals surface area contributed by atoms with Gasteiger partial charge in [0.1, 0.15) is 29.9 Å². The monoisotopic (exact) mass is 580 g/mol. The van der Waals surface area contributed by atoms with Gasteiger partial charge in [0.15, 0.2) is 0 Å². The Morgan fingerprint density at radius 3 is 2.50 bits per heavy atom. The minimum absolute atomic E-state index is 0.0509. The maximum Gasteiger partial charge on any atom is 0.326 e. The molecule has 10 heteroatoms. The number of hydrogen-bond donors (Lipinski definition) is 1. The molecule has 1 fully saturated rings. The van der Waals surface area contributed by atoms with E-state index in [9.17, 15) is 9.59 Å². The fraction of sp³-hybridized carbons (Fsp3) is 0.300. The van der Waals surface area contributed by atoms with E-state index in [0.717, 1.165) is 11.1 Å². The average Bonchev–Trinajstić information content (AvgIpc) is 3.33. The van der Waals surface area contributed by atoms with Crippen molar-refractivity contribution in [1.82, 2.24) is 15.1 Å². The van der Waals surface area contributed by atoms with Gasteiger partial charge in [-0.05, 0) is 55.3 Å². The minimum atomic E-state index is -0.571. The number of ether oxygens (including phenoxy) is 2. The highest BCUT2D eigenvalue weighted by atomic mass is 35.5. The first-order valence-corrected chi connectivity index (χ1v) is 13.8. The predicted molar refractivity (Wildman–Crippen MR) is 155 cm³/mol. The SMILES string of the molecule is COc1ccc(C2=N[C@H](c3ccccc3Cl)[C@H](c3ccc(Cl)cc3)N2C(=O)N2CCNC(=O)C2)c(OC(C)C)c1. The van der Waals surface area contributed by atoms with Crippen LogP contribution in [-0.4, -0.2) is 60.4 Å². The normalized spacial score (nSPS) is 18.9. The van der Waals surface area contributed by atoms with Crippen LogP contribution in [0.1, 0.15) is 42.6 Å². The predicted octanol–water partition coefficient (Wildman–Crippen LogP) is 5.89. The lowest BCUT2D eigenvalue weighted by Crippen LogP contribution is -2.55. The number of amidine groups is 1. The number of carbonyl (C=O) groups excluding carboxylic acids is 2. The number of hydrogen-bond acceptors (Lipinski definition) is 5. The van der Waals surface area contributed by atoms with Crippen LogP contribution in [-0.2, 0) is 4.79 Å². The van der Waals surface area contributed by atoms with Gasteiger partial charge in [0.05, 0.1) is 24.8 Å². The summed E-state index contributed by atoms with van der Waals surface area (Å²) in [7, 11) is 1.59.